The first-order valence-electron chi connectivity index (χ1n) is 5.54. The third kappa shape index (κ3) is 3.89. The van der Waals surface area contributed by atoms with Gasteiger partial charge in [-0.1, -0.05) is 29.8 Å². The van der Waals surface area contributed by atoms with Crippen LogP contribution in [0.3, 0.4) is 0 Å². The molecule has 0 aliphatic rings. The van der Waals surface area contributed by atoms with Crippen LogP contribution in [-0.2, 0) is 4.79 Å². The average Bonchev–Trinajstić information content (AvgIpc) is 2.29. The zero-order valence-electron chi connectivity index (χ0n) is 10.1. The second kappa shape index (κ2) is 6.02. The smallest absolute Gasteiger partial charge is 0.241 e. The van der Waals surface area contributed by atoms with Gasteiger partial charge in [0, 0.05) is 6.04 Å². The van der Waals surface area contributed by atoms with Crippen molar-refractivity contribution in [1.29, 1.82) is 5.26 Å². The highest BCUT2D eigenvalue weighted by molar-refractivity contribution is 5.83. The Bertz CT molecular complexity index is 419. The van der Waals surface area contributed by atoms with Gasteiger partial charge in [-0.15, -0.1) is 0 Å². The van der Waals surface area contributed by atoms with Crippen molar-refractivity contribution >= 4 is 5.91 Å². The summed E-state index contributed by atoms with van der Waals surface area (Å²) in [5.74, 6) is -0.253. The SMILES string of the molecule is Cc1ccc(C(N)C(=O)NC(C)CC#N)cc1. The van der Waals surface area contributed by atoms with E-state index < -0.39 is 6.04 Å². The lowest BCUT2D eigenvalue weighted by Crippen LogP contribution is -2.39. The van der Waals surface area contributed by atoms with Crippen LogP contribution in [0.15, 0.2) is 24.3 Å². The van der Waals surface area contributed by atoms with Crippen LogP contribution in [0.1, 0.15) is 30.5 Å². The van der Waals surface area contributed by atoms with Crippen molar-refractivity contribution in [3.63, 3.8) is 0 Å². The maximum absolute atomic E-state index is 11.8. The third-order valence-corrected chi connectivity index (χ3v) is 2.51. The Morgan fingerprint density at radius 2 is 2.06 bits per heavy atom. The van der Waals surface area contributed by atoms with Gasteiger partial charge in [0.1, 0.15) is 6.04 Å². The summed E-state index contributed by atoms with van der Waals surface area (Å²) in [6.07, 6.45) is 0.284. The second-order valence-electron chi connectivity index (χ2n) is 4.16. The highest BCUT2D eigenvalue weighted by Gasteiger charge is 2.17. The predicted molar refractivity (Wildman–Crippen MR) is 65.9 cm³/mol. The summed E-state index contributed by atoms with van der Waals surface area (Å²) < 4.78 is 0. The highest BCUT2D eigenvalue weighted by Crippen LogP contribution is 2.11. The number of nitrogens with zero attached hydrogens (tertiary/aromatic N) is 1. The van der Waals surface area contributed by atoms with Gasteiger partial charge in [-0.25, -0.2) is 0 Å². The van der Waals surface area contributed by atoms with Crippen molar-refractivity contribution in [3.8, 4) is 6.07 Å². The number of hydrogen-bond donors (Lipinski definition) is 2. The van der Waals surface area contributed by atoms with Crippen molar-refractivity contribution in [2.75, 3.05) is 0 Å². The van der Waals surface area contributed by atoms with Crippen LogP contribution in [0.2, 0.25) is 0 Å². The lowest BCUT2D eigenvalue weighted by molar-refractivity contribution is -0.123. The molecule has 0 spiro atoms. The molecule has 0 radical (unpaired) electrons. The minimum atomic E-state index is -0.684. The Morgan fingerprint density at radius 1 is 1.47 bits per heavy atom. The van der Waals surface area contributed by atoms with Gasteiger partial charge in [-0.3, -0.25) is 4.79 Å². The Hall–Kier alpha value is -1.86. The molecule has 0 aromatic heterocycles. The monoisotopic (exact) mass is 231 g/mol. The Morgan fingerprint density at radius 3 is 2.59 bits per heavy atom. The van der Waals surface area contributed by atoms with E-state index in [1.165, 1.54) is 0 Å². The van der Waals surface area contributed by atoms with E-state index in [9.17, 15) is 4.79 Å². The molecule has 90 valence electrons. The van der Waals surface area contributed by atoms with E-state index in [0.717, 1.165) is 11.1 Å². The molecule has 2 atom stereocenters. The van der Waals surface area contributed by atoms with Gasteiger partial charge >= 0.3 is 0 Å². The molecular formula is C13H17N3O. The summed E-state index contributed by atoms with van der Waals surface area (Å²) in [6.45, 7) is 3.76. The van der Waals surface area contributed by atoms with Gasteiger partial charge < -0.3 is 11.1 Å². The molecule has 0 aliphatic heterocycles. The van der Waals surface area contributed by atoms with E-state index in [2.05, 4.69) is 5.32 Å². The molecule has 0 saturated heterocycles. The topological polar surface area (TPSA) is 78.9 Å². The van der Waals surface area contributed by atoms with Crippen LogP contribution in [0.5, 0.6) is 0 Å². The van der Waals surface area contributed by atoms with Gasteiger partial charge in [0.2, 0.25) is 5.91 Å². The van der Waals surface area contributed by atoms with Gasteiger partial charge in [0.15, 0.2) is 0 Å². The molecular weight excluding hydrogens is 214 g/mol. The van der Waals surface area contributed by atoms with Gasteiger partial charge in [-0.2, -0.15) is 5.26 Å². The number of carbonyl (C=O) groups is 1. The number of nitrogens with two attached hydrogens (primary N) is 1. The lowest BCUT2D eigenvalue weighted by atomic mass is 10.0. The number of benzene rings is 1. The summed E-state index contributed by atoms with van der Waals surface area (Å²) in [4.78, 5) is 11.8. The van der Waals surface area contributed by atoms with Crippen LogP contribution >= 0.6 is 0 Å². The first-order chi connectivity index (χ1) is 8.04. The first-order valence-corrected chi connectivity index (χ1v) is 5.54. The molecule has 2 unspecified atom stereocenters. The molecule has 17 heavy (non-hydrogen) atoms. The van der Waals surface area contributed by atoms with Crippen LogP contribution in [0.4, 0.5) is 0 Å². The molecule has 0 fully saturated rings. The molecule has 0 heterocycles. The molecule has 3 N–H and O–H groups in total. The summed E-state index contributed by atoms with van der Waals surface area (Å²) in [5.41, 5.74) is 7.74. The molecule has 4 nitrogen and oxygen atoms in total. The van der Waals surface area contributed by atoms with Gasteiger partial charge in [0.25, 0.3) is 0 Å². The maximum atomic E-state index is 11.8. The average molecular weight is 231 g/mol. The first kappa shape index (κ1) is 13.2. The number of hydrogen-bond acceptors (Lipinski definition) is 3. The molecule has 0 bridgehead atoms. The summed E-state index contributed by atoms with van der Waals surface area (Å²) in [5, 5.41) is 11.2. The summed E-state index contributed by atoms with van der Waals surface area (Å²) >= 11 is 0. The van der Waals surface area contributed by atoms with E-state index in [4.69, 9.17) is 11.0 Å². The van der Waals surface area contributed by atoms with E-state index in [0.29, 0.717) is 0 Å². The number of nitrogens with one attached hydrogen (secondary N) is 1. The molecule has 1 aromatic rings. The van der Waals surface area contributed by atoms with E-state index in [-0.39, 0.29) is 18.4 Å². The molecule has 0 aliphatic carbocycles. The van der Waals surface area contributed by atoms with E-state index in [1.807, 2.05) is 37.3 Å². The Labute approximate surface area is 101 Å². The normalized spacial score (nSPS) is 13.5. The quantitative estimate of drug-likeness (QED) is 0.822. The van der Waals surface area contributed by atoms with Crippen molar-refractivity contribution in [3.05, 3.63) is 35.4 Å². The zero-order valence-corrected chi connectivity index (χ0v) is 10.1. The Balaban J connectivity index is 2.64. The number of carbonyl (C=O) groups excluding carboxylic acids is 1. The zero-order chi connectivity index (χ0) is 12.8. The number of amides is 1. The van der Waals surface area contributed by atoms with Crippen LogP contribution in [0.25, 0.3) is 0 Å². The number of aryl methyl sites for hydroxylation is 1. The largest absolute Gasteiger partial charge is 0.351 e. The molecule has 1 aromatic carbocycles. The number of rotatable bonds is 4. The molecule has 1 rings (SSSR count). The van der Waals surface area contributed by atoms with Crippen molar-refractivity contribution in [2.45, 2.75) is 32.4 Å². The van der Waals surface area contributed by atoms with Crippen LogP contribution < -0.4 is 11.1 Å². The van der Waals surface area contributed by atoms with Crippen molar-refractivity contribution in [2.24, 2.45) is 5.73 Å². The van der Waals surface area contributed by atoms with E-state index >= 15 is 0 Å². The lowest BCUT2D eigenvalue weighted by Gasteiger charge is -2.15. The third-order valence-electron chi connectivity index (χ3n) is 2.51. The van der Waals surface area contributed by atoms with Crippen molar-refractivity contribution in [1.82, 2.24) is 5.32 Å². The van der Waals surface area contributed by atoms with E-state index in [1.54, 1.807) is 6.92 Å². The fraction of sp³-hybridized carbons (Fsp3) is 0.385. The minimum absolute atomic E-state index is 0.177. The number of nitriles is 1. The standard InChI is InChI=1S/C13H17N3O/c1-9-3-5-11(6-4-9)12(15)13(17)16-10(2)7-8-14/h3-6,10,12H,7,15H2,1-2H3,(H,16,17). The predicted octanol–water partition coefficient (Wildman–Crippen LogP) is 1.41. The Kier molecular flexibility index (Phi) is 4.68. The molecule has 4 heteroatoms. The maximum Gasteiger partial charge on any atom is 0.241 e. The summed E-state index contributed by atoms with van der Waals surface area (Å²) in [6, 6.07) is 8.66. The van der Waals surface area contributed by atoms with Crippen LogP contribution in [0, 0.1) is 18.3 Å². The van der Waals surface area contributed by atoms with Gasteiger partial charge in [-0.05, 0) is 19.4 Å². The summed E-state index contributed by atoms with van der Waals surface area (Å²) in [7, 11) is 0. The fourth-order valence-corrected chi connectivity index (χ4v) is 1.45. The molecule has 0 saturated carbocycles. The fourth-order valence-electron chi connectivity index (χ4n) is 1.45. The minimum Gasteiger partial charge on any atom is -0.351 e. The van der Waals surface area contributed by atoms with Crippen molar-refractivity contribution < 1.29 is 4.79 Å². The van der Waals surface area contributed by atoms with Gasteiger partial charge in [0.05, 0.1) is 12.5 Å². The second-order valence-corrected chi connectivity index (χ2v) is 4.16. The van der Waals surface area contributed by atoms with Crippen LogP contribution in [-0.4, -0.2) is 11.9 Å². The molecule has 1 amide bonds. The highest BCUT2D eigenvalue weighted by atomic mass is 16.2.